The number of unbranched alkanes of at least 4 members (excludes halogenated alkanes) is 23. The topological polar surface area (TPSA) is 78.9 Å². The lowest BCUT2D eigenvalue weighted by molar-refractivity contribution is -0.167. The SMILES string of the molecule is CC\C=C/C=C\C=C/C=C\C=C\C=C/C=C\CCCCCC(=O)OCC(COC(=O)CCCCCCCCC/C=C\C/C=C\CC)OC(=O)CCCCCCCCC/C=C\CCCCCCCC. The van der Waals surface area contributed by atoms with Gasteiger partial charge in [0.05, 0.1) is 0 Å². The van der Waals surface area contributed by atoms with Gasteiger partial charge in [-0.15, -0.1) is 0 Å². The molecule has 68 heavy (non-hydrogen) atoms. The zero-order valence-electron chi connectivity index (χ0n) is 43.8. The van der Waals surface area contributed by atoms with Gasteiger partial charge >= 0.3 is 17.9 Å². The molecule has 0 N–H and O–H groups in total. The predicted octanol–water partition coefficient (Wildman–Crippen LogP) is 18.5. The smallest absolute Gasteiger partial charge is 0.306 e. The van der Waals surface area contributed by atoms with Crippen LogP contribution in [0.25, 0.3) is 0 Å². The molecule has 384 valence electrons. The van der Waals surface area contributed by atoms with Crippen LogP contribution in [0.5, 0.6) is 0 Å². The number of carbonyl (C=O) groups excluding carboxylic acids is 3. The van der Waals surface area contributed by atoms with E-state index in [0.29, 0.717) is 19.3 Å². The number of allylic oxidation sites excluding steroid dienone is 20. The van der Waals surface area contributed by atoms with Crippen LogP contribution in [-0.4, -0.2) is 37.2 Å². The first-order valence-electron chi connectivity index (χ1n) is 27.6. The molecule has 0 amide bonds. The van der Waals surface area contributed by atoms with Crippen LogP contribution in [0.4, 0.5) is 0 Å². The highest BCUT2D eigenvalue weighted by Crippen LogP contribution is 2.14. The summed E-state index contributed by atoms with van der Waals surface area (Å²) in [5, 5.41) is 0. The molecule has 0 fully saturated rings. The van der Waals surface area contributed by atoms with Crippen molar-refractivity contribution in [1.82, 2.24) is 0 Å². The first-order chi connectivity index (χ1) is 33.5. The third-order valence-electron chi connectivity index (χ3n) is 11.4. The Labute approximate surface area is 418 Å². The number of carbonyl (C=O) groups is 3. The van der Waals surface area contributed by atoms with Crippen LogP contribution in [0.2, 0.25) is 0 Å². The maximum atomic E-state index is 12.8. The van der Waals surface area contributed by atoms with Crippen LogP contribution in [0, 0.1) is 0 Å². The summed E-state index contributed by atoms with van der Waals surface area (Å²) in [5.41, 5.74) is 0. The van der Waals surface area contributed by atoms with E-state index in [2.05, 4.69) is 69.4 Å². The Morgan fingerprint density at radius 1 is 0.324 bits per heavy atom. The molecule has 0 aliphatic rings. The fraction of sp³-hybridized carbons (Fsp3) is 0.629. The highest BCUT2D eigenvalue weighted by molar-refractivity contribution is 5.71. The summed E-state index contributed by atoms with van der Waals surface area (Å²) >= 11 is 0. The van der Waals surface area contributed by atoms with Crippen molar-refractivity contribution in [2.75, 3.05) is 13.2 Å². The van der Waals surface area contributed by atoms with Crippen LogP contribution in [0.1, 0.15) is 233 Å². The van der Waals surface area contributed by atoms with Crippen LogP contribution in [-0.2, 0) is 28.6 Å². The molecular formula is C62H100O6. The monoisotopic (exact) mass is 941 g/mol. The maximum absolute atomic E-state index is 12.8. The average molecular weight is 941 g/mol. The molecule has 0 aliphatic carbocycles. The van der Waals surface area contributed by atoms with E-state index in [4.69, 9.17) is 14.2 Å². The number of esters is 3. The van der Waals surface area contributed by atoms with Gasteiger partial charge in [-0.3, -0.25) is 14.4 Å². The summed E-state index contributed by atoms with van der Waals surface area (Å²) < 4.78 is 16.8. The standard InChI is InChI=1S/C62H100O6/c1-4-7-10-13-16-19-22-25-28-30-31-33-34-37-40-43-46-49-52-55-61(64)67-58-59(57-66-60(63)54-51-48-45-42-39-36-27-24-21-18-15-12-9-6-3)68-62(65)56-53-50-47-44-41-38-35-32-29-26-23-20-17-14-11-8-5-2/h7,9-10,12-13,16,18-19,21-22,25-26,28-31,33-34,37,40,59H,4-6,8,11,14-15,17,20,23-24,27,32,35-36,38-39,41-58H2,1-3H3/b10-7-,12-9-,16-13-,21-18-,22-19-,28-25-,29-26-,31-30+,34-33-,40-37-. The molecule has 0 bridgehead atoms. The van der Waals surface area contributed by atoms with Crippen molar-refractivity contribution < 1.29 is 28.6 Å². The van der Waals surface area contributed by atoms with Gasteiger partial charge in [0, 0.05) is 19.3 Å². The lowest BCUT2D eigenvalue weighted by atomic mass is 10.1. The second-order valence-electron chi connectivity index (χ2n) is 17.9. The van der Waals surface area contributed by atoms with E-state index in [1.54, 1.807) is 0 Å². The minimum atomic E-state index is -0.806. The molecule has 0 aromatic rings. The largest absolute Gasteiger partial charge is 0.462 e. The third-order valence-corrected chi connectivity index (χ3v) is 11.4. The number of rotatable bonds is 48. The number of ether oxygens (including phenoxy) is 3. The Hall–Kier alpha value is -4.19. The molecule has 0 heterocycles. The molecule has 0 rings (SSSR count). The Kier molecular flexibility index (Phi) is 52.0. The Balaban J connectivity index is 4.52. The molecule has 1 unspecified atom stereocenters. The summed E-state index contributed by atoms with van der Waals surface area (Å²) in [6.45, 7) is 6.33. The Morgan fingerprint density at radius 3 is 1.09 bits per heavy atom. The molecular weight excluding hydrogens is 841 g/mol. The highest BCUT2D eigenvalue weighted by atomic mass is 16.6. The molecule has 1 atom stereocenters. The first kappa shape index (κ1) is 63.8. The van der Waals surface area contributed by atoms with Crippen LogP contribution in [0.3, 0.4) is 0 Å². The molecule has 0 aliphatic heterocycles. The fourth-order valence-corrected chi connectivity index (χ4v) is 7.28. The van der Waals surface area contributed by atoms with Gasteiger partial charge in [0.15, 0.2) is 6.10 Å². The van der Waals surface area contributed by atoms with E-state index in [9.17, 15) is 14.4 Å². The second kappa shape index (κ2) is 55.4. The Morgan fingerprint density at radius 2 is 0.647 bits per heavy atom. The summed E-state index contributed by atoms with van der Waals surface area (Å²) in [6.07, 6.45) is 76.1. The van der Waals surface area contributed by atoms with Crippen LogP contribution >= 0.6 is 0 Å². The van der Waals surface area contributed by atoms with Crippen LogP contribution < -0.4 is 0 Å². The normalized spacial score (nSPS) is 13.0. The molecule has 0 saturated heterocycles. The van der Waals surface area contributed by atoms with Crippen molar-refractivity contribution in [1.29, 1.82) is 0 Å². The lowest BCUT2D eigenvalue weighted by Gasteiger charge is -2.18. The molecule has 0 aromatic heterocycles. The van der Waals surface area contributed by atoms with Crippen molar-refractivity contribution in [3.05, 3.63) is 122 Å². The van der Waals surface area contributed by atoms with Gasteiger partial charge in [0.25, 0.3) is 0 Å². The maximum Gasteiger partial charge on any atom is 0.306 e. The van der Waals surface area contributed by atoms with Gasteiger partial charge in [-0.25, -0.2) is 0 Å². The molecule has 6 heteroatoms. The van der Waals surface area contributed by atoms with Crippen LogP contribution in [0.15, 0.2) is 122 Å². The minimum absolute atomic E-state index is 0.102. The molecule has 0 saturated carbocycles. The summed E-state index contributed by atoms with van der Waals surface area (Å²) in [7, 11) is 0. The zero-order chi connectivity index (χ0) is 49.3. The molecule has 6 nitrogen and oxygen atoms in total. The summed E-state index contributed by atoms with van der Waals surface area (Å²) in [4.78, 5) is 38.1. The lowest BCUT2D eigenvalue weighted by Crippen LogP contribution is -2.30. The van der Waals surface area contributed by atoms with E-state index in [1.165, 1.54) is 103 Å². The van der Waals surface area contributed by atoms with Crippen molar-refractivity contribution in [3.8, 4) is 0 Å². The summed E-state index contributed by atoms with van der Waals surface area (Å²) in [6, 6.07) is 0. The van der Waals surface area contributed by atoms with Crippen molar-refractivity contribution in [2.45, 2.75) is 239 Å². The van der Waals surface area contributed by atoms with Gasteiger partial charge in [0.2, 0.25) is 0 Å². The van der Waals surface area contributed by atoms with Crippen molar-refractivity contribution in [3.63, 3.8) is 0 Å². The first-order valence-corrected chi connectivity index (χ1v) is 27.6. The van der Waals surface area contributed by atoms with E-state index in [-0.39, 0.29) is 31.1 Å². The Bertz CT molecular complexity index is 1450. The minimum Gasteiger partial charge on any atom is -0.462 e. The third kappa shape index (κ3) is 52.8. The predicted molar refractivity (Wildman–Crippen MR) is 293 cm³/mol. The van der Waals surface area contributed by atoms with Crippen molar-refractivity contribution >= 4 is 17.9 Å². The van der Waals surface area contributed by atoms with E-state index in [1.807, 2.05) is 72.9 Å². The average Bonchev–Trinajstić information content (AvgIpc) is 3.34. The van der Waals surface area contributed by atoms with Gasteiger partial charge in [0.1, 0.15) is 13.2 Å². The van der Waals surface area contributed by atoms with E-state index < -0.39 is 6.10 Å². The van der Waals surface area contributed by atoms with E-state index in [0.717, 1.165) is 89.9 Å². The number of hydrogen-bond donors (Lipinski definition) is 0. The highest BCUT2D eigenvalue weighted by Gasteiger charge is 2.19. The van der Waals surface area contributed by atoms with Crippen molar-refractivity contribution in [2.24, 2.45) is 0 Å². The van der Waals surface area contributed by atoms with Gasteiger partial charge in [-0.1, -0.05) is 245 Å². The molecule has 0 radical (unpaired) electrons. The fourth-order valence-electron chi connectivity index (χ4n) is 7.28. The molecule has 0 spiro atoms. The quantitative estimate of drug-likeness (QED) is 0.0199. The second-order valence-corrected chi connectivity index (χ2v) is 17.9. The molecule has 0 aromatic carbocycles. The number of hydrogen-bond acceptors (Lipinski definition) is 6. The van der Waals surface area contributed by atoms with Gasteiger partial charge in [-0.2, -0.15) is 0 Å². The summed E-state index contributed by atoms with van der Waals surface area (Å²) in [5.74, 6) is -0.963. The van der Waals surface area contributed by atoms with Gasteiger partial charge in [-0.05, 0) is 89.9 Å². The van der Waals surface area contributed by atoms with Gasteiger partial charge < -0.3 is 14.2 Å². The zero-order valence-corrected chi connectivity index (χ0v) is 43.8. The van der Waals surface area contributed by atoms with E-state index >= 15 is 0 Å².